The Morgan fingerprint density at radius 3 is 2.62 bits per heavy atom. The summed E-state index contributed by atoms with van der Waals surface area (Å²) in [5.74, 6) is -1.43. The number of anilines is 1. The monoisotopic (exact) mass is 440 g/mol. The minimum Gasteiger partial charge on any atom is -0.433 e. The number of aryl methyl sites for hydroxylation is 1. The smallest absolute Gasteiger partial charge is 0.433 e. The van der Waals surface area contributed by atoms with Gasteiger partial charge in [-0.2, -0.15) is 13.2 Å². The van der Waals surface area contributed by atoms with Crippen molar-refractivity contribution in [1.82, 2.24) is 4.98 Å². The van der Waals surface area contributed by atoms with E-state index in [2.05, 4.69) is 30.1 Å². The molecule has 1 N–H and O–H groups in total. The highest BCUT2D eigenvalue weighted by molar-refractivity contribution is 9.11. The van der Waals surface area contributed by atoms with Crippen molar-refractivity contribution in [2.24, 2.45) is 0 Å². The van der Waals surface area contributed by atoms with Crippen LogP contribution in [0, 0.1) is 6.92 Å². The molecular weight excluding hydrogens is 433 g/mol. The number of fused-ring (bicyclic) bond motifs is 1. The summed E-state index contributed by atoms with van der Waals surface area (Å²) in [4.78, 5) is 3.36. The van der Waals surface area contributed by atoms with Gasteiger partial charge >= 0.3 is 12.1 Å². The average Bonchev–Trinajstić information content (AvgIpc) is 3.04. The largest absolute Gasteiger partial charge is 0.468 e. The van der Waals surface area contributed by atoms with Gasteiger partial charge in [-0.1, -0.05) is 6.07 Å². The fraction of sp³-hybridized carbons (Fsp3) is 0.154. The van der Waals surface area contributed by atoms with Gasteiger partial charge in [0.15, 0.2) is 5.58 Å². The molecule has 0 atom stereocenters. The molecule has 24 heavy (non-hydrogen) atoms. The van der Waals surface area contributed by atoms with Gasteiger partial charge in [0.05, 0.1) is 9.47 Å². The predicted molar refractivity (Wildman–Crippen MR) is 86.6 cm³/mol. The lowest BCUT2D eigenvalue weighted by Gasteiger charge is -2.06. The van der Waals surface area contributed by atoms with Gasteiger partial charge in [-0.3, -0.25) is 4.72 Å². The number of hydrogen-bond acceptors (Lipinski definition) is 5. The highest BCUT2D eigenvalue weighted by Crippen LogP contribution is 2.35. The Labute approximate surface area is 146 Å². The van der Waals surface area contributed by atoms with Gasteiger partial charge in [-0.15, -0.1) is 11.3 Å². The van der Waals surface area contributed by atoms with Crippen molar-refractivity contribution in [2.45, 2.75) is 17.3 Å². The topological polar surface area (TPSA) is 72.2 Å². The zero-order valence-electron chi connectivity index (χ0n) is 11.8. The number of sulfonamides is 1. The molecule has 3 aromatic rings. The second-order valence-corrected chi connectivity index (χ2v) is 9.08. The molecule has 0 spiro atoms. The molecule has 3 rings (SSSR count). The predicted octanol–water partition coefficient (Wildman–Crippen LogP) is 4.78. The van der Waals surface area contributed by atoms with Gasteiger partial charge in [-0.25, -0.2) is 13.4 Å². The molecule has 5 nitrogen and oxygen atoms in total. The van der Waals surface area contributed by atoms with Crippen molar-refractivity contribution in [3.8, 4) is 0 Å². The van der Waals surface area contributed by atoms with Gasteiger partial charge in [0, 0.05) is 0 Å². The summed E-state index contributed by atoms with van der Waals surface area (Å²) in [5.41, 5.74) is 0.278. The van der Waals surface area contributed by atoms with E-state index in [1.165, 1.54) is 24.3 Å². The zero-order chi connectivity index (χ0) is 17.7. The quantitative estimate of drug-likeness (QED) is 0.635. The number of para-hydroxylation sites is 1. The summed E-state index contributed by atoms with van der Waals surface area (Å²) in [6.07, 6.45) is -4.76. The first-order chi connectivity index (χ1) is 11.1. The number of nitrogens with one attached hydrogen (secondary N) is 1. The Hall–Kier alpha value is -1.59. The zero-order valence-corrected chi connectivity index (χ0v) is 15.0. The lowest BCUT2D eigenvalue weighted by molar-refractivity contribution is -0.156. The number of aromatic nitrogens is 1. The maximum absolute atomic E-state index is 12.7. The molecule has 0 bridgehead atoms. The molecule has 128 valence electrons. The molecule has 2 heterocycles. The van der Waals surface area contributed by atoms with Crippen molar-refractivity contribution >= 4 is 54.1 Å². The van der Waals surface area contributed by atoms with E-state index in [1.807, 2.05) is 0 Å². The van der Waals surface area contributed by atoms with E-state index in [1.54, 1.807) is 6.92 Å². The minimum absolute atomic E-state index is 0.0309. The lowest BCUT2D eigenvalue weighted by atomic mass is 10.3. The van der Waals surface area contributed by atoms with E-state index in [9.17, 15) is 21.6 Å². The van der Waals surface area contributed by atoms with Crippen LogP contribution in [-0.2, 0) is 16.2 Å². The molecule has 11 heteroatoms. The van der Waals surface area contributed by atoms with Crippen molar-refractivity contribution < 1.29 is 26.0 Å². The highest BCUT2D eigenvalue weighted by atomic mass is 79.9. The van der Waals surface area contributed by atoms with Crippen LogP contribution in [0.2, 0.25) is 0 Å². The van der Waals surface area contributed by atoms with Gasteiger partial charge in [-0.05, 0) is 46.6 Å². The first-order valence-electron chi connectivity index (χ1n) is 6.33. The van der Waals surface area contributed by atoms with Crippen LogP contribution >= 0.6 is 27.3 Å². The SMILES string of the molecule is Cc1cc(S(=O)(=O)Nc2cccc3oc(C(F)(F)F)nc23)sc1Br. The number of benzene rings is 1. The van der Waals surface area contributed by atoms with Crippen molar-refractivity contribution in [2.75, 3.05) is 4.72 Å². The van der Waals surface area contributed by atoms with Gasteiger partial charge < -0.3 is 4.42 Å². The summed E-state index contributed by atoms with van der Waals surface area (Å²) < 4.78 is 70.5. The van der Waals surface area contributed by atoms with Crippen molar-refractivity contribution in [1.29, 1.82) is 0 Å². The van der Waals surface area contributed by atoms with E-state index < -0.39 is 22.1 Å². The number of thiophene rings is 1. The number of alkyl halides is 3. The average molecular weight is 441 g/mol. The molecule has 0 saturated carbocycles. The summed E-state index contributed by atoms with van der Waals surface area (Å²) in [5, 5.41) is 0. The first-order valence-corrected chi connectivity index (χ1v) is 9.43. The maximum atomic E-state index is 12.7. The summed E-state index contributed by atoms with van der Waals surface area (Å²) >= 11 is 4.23. The lowest BCUT2D eigenvalue weighted by Crippen LogP contribution is -2.12. The van der Waals surface area contributed by atoms with Crippen LogP contribution < -0.4 is 4.72 Å². The Bertz CT molecular complexity index is 1010. The van der Waals surface area contributed by atoms with Crippen LogP contribution in [-0.4, -0.2) is 13.4 Å². The normalized spacial score (nSPS) is 12.7. The minimum atomic E-state index is -4.76. The third kappa shape index (κ3) is 3.15. The van der Waals surface area contributed by atoms with E-state index in [4.69, 9.17) is 0 Å². The van der Waals surface area contributed by atoms with Crippen molar-refractivity contribution in [3.63, 3.8) is 0 Å². The number of halogens is 4. The van der Waals surface area contributed by atoms with E-state index >= 15 is 0 Å². The second kappa shape index (κ2) is 5.74. The van der Waals surface area contributed by atoms with Gasteiger partial charge in [0.2, 0.25) is 0 Å². The van der Waals surface area contributed by atoms with Crippen LogP contribution in [0.4, 0.5) is 18.9 Å². The van der Waals surface area contributed by atoms with Crippen molar-refractivity contribution in [3.05, 3.63) is 39.5 Å². The van der Waals surface area contributed by atoms with Gasteiger partial charge in [0.1, 0.15) is 9.73 Å². The molecule has 0 radical (unpaired) electrons. The van der Waals surface area contributed by atoms with Crippen LogP contribution in [0.3, 0.4) is 0 Å². The number of rotatable bonds is 3. The molecule has 0 saturated heterocycles. The third-order valence-electron chi connectivity index (χ3n) is 3.01. The van der Waals surface area contributed by atoms with E-state index in [0.717, 1.165) is 16.9 Å². The second-order valence-electron chi connectivity index (χ2n) is 4.80. The standard InChI is InChI=1S/C13H8BrF3N2O3S2/c1-6-5-9(23-11(6)14)24(20,21)19-7-3-2-4-8-10(7)18-12(22-8)13(15,16)17/h2-5,19H,1H3. The van der Waals surface area contributed by atoms with Crippen LogP contribution in [0.1, 0.15) is 11.5 Å². The highest BCUT2D eigenvalue weighted by Gasteiger charge is 2.38. The Morgan fingerprint density at radius 1 is 1.33 bits per heavy atom. The van der Waals surface area contributed by atoms with E-state index in [0.29, 0.717) is 3.79 Å². The number of oxazole rings is 1. The molecule has 0 aliphatic rings. The molecule has 2 aromatic heterocycles. The molecule has 0 amide bonds. The summed E-state index contributed by atoms with van der Waals surface area (Å²) in [6.45, 7) is 1.73. The molecule has 0 aliphatic carbocycles. The van der Waals surface area contributed by atoms with Crippen LogP contribution in [0.25, 0.3) is 11.1 Å². The fourth-order valence-electron chi connectivity index (χ4n) is 1.91. The molecule has 1 aromatic carbocycles. The Morgan fingerprint density at radius 2 is 2.04 bits per heavy atom. The van der Waals surface area contributed by atoms with Crippen LogP contribution in [0.5, 0.6) is 0 Å². The molecular formula is C13H8BrF3N2O3S2. The van der Waals surface area contributed by atoms with E-state index in [-0.39, 0.29) is 21.0 Å². The summed E-state index contributed by atoms with van der Waals surface area (Å²) in [6, 6.07) is 5.43. The Balaban J connectivity index is 2.05. The summed E-state index contributed by atoms with van der Waals surface area (Å²) in [7, 11) is -3.96. The third-order valence-corrected chi connectivity index (χ3v) is 6.98. The fourth-order valence-corrected chi connectivity index (χ4v) is 5.20. The Kier molecular flexibility index (Phi) is 4.12. The van der Waals surface area contributed by atoms with Crippen LogP contribution in [0.15, 0.2) is 36.7 Å². The van der Waals surface area contributed by atoms with Gasteiger partial charge in [0.25, 0.3) is 10.0 Å². The molecule has 0 aliphatic heterocycles. The molecule has 0 fully saturated rings. The number of nitrogens with zero attached hydrogens (tertiary/aromatic N) is 1. The number of hydrogen-bond donors (Lipinski definition) is 1. The molecule has 0 unspecified atom stereocenters. The maximum Gasteiger partial charge on any atom is 0.468 e. The first kappa shape index (κ1) is 17.2.